The van der Waals surface area contributed by atoms with E-state index >= 15 is 0 Å². The zero-order valence-electron chi connectivity index (χ0n) is 16.3. The van der Waals surface area contributed by atoms with Gasteiger partial charge in [0.05, 0.1) is 0 Å². The summed E-state index contributed by atoms with van der Waals surface area (Å²) in [4.78, 5) is 0. The summed E-state index contributed by atoms with van der Waals surface area (Å²) in [6.07, 6.45) is 13.6. The second-order valence-electron chi connectivity index (χ2n) is 7.71. The largest absolute Gasteiger partial charge is 0.0622 e. The molecule has 136 valence electrons. The van der Waals surface area contributed by atoms with Crippen LogP contribution in [0.1, 0.15) is 87.8 Å². The molecular weight excluding hydrogens is 300 g/mol. The molecule has 0 nitrogen and oxygen atoms in total. The van der Waals surface area contributed by atoms with Crippen molar-refractivity contribution >= 4 is 0 Å². The minimum atomic E-state index is 0.641. The maximum atomic E-state index is 2.32. The molecule has 25 heavy (non-hydrogen) atoms. The van der Waals surface area contributed by atoms with E-state index < -0.39 is 0 Å². The summed E-state index contributed by atoms with van der Waals surface area (Å²) < 4.78 is 0. The number of benzene rings is 2. The standard InChI is InChI=1S/C25H36/c1-22(2)25-20-18-24(19-21-25)17-11-8-6-4-3-5-7-10-14-23-15-12-9-13-16-23/h9,12-13,15-16,18-22H,3-8,10-11,14,17H2,1-2H3. The third kappa shape index (κ3) is 8.38. The van der Waals surface area contributed by atoms with Crippen LogP contribution >= 0.6 is 0 Å². The molecule has 0 aromatic heterocycles. The van der Waals surface area contributed by atoms with Gasteiger partial charge in [0.25, 0.3) is 0 Å². The Morgan fingerprint density at radius 2 is 0.960 bits per heavy atom. The maximum absolute atomic E-state index is 2.32. The summed E-state index contributed by atoms with van der Waals surface area (Å²) in [5.74, 6) is 0.641. The topological polar surface area (TPSA) is 0 Å². The van der Waals surface area contributed by atoms with Crippen molar-refractivity contribution in [3.8, 4) is 0 Å². The van der Waals surface area contributed by atoms with Gasteiger partial charge in [0, 0.05) is 0 Å². The molecule has 2 rings (SSSR count). The minimum Gasteiger partial charge on any atom is -0.0622 e. The van der Waals surface area contributed by atoms with Gasteiger partial charge >= 0.3 is 0 Å². The SMILES string of the molecule is CC(C)c1ccc(CCCCCCCCCCc2ccccc2)cc1. The lowest BCUT2D eigenvalue weighted by Gasteiger charge is -2.07. The highest BCUT2D eigenvalue weighted by molar-refractivity contribution is 5.24. The second-order valence-corrected chi connectivity index (χ2v) is 7.71. The maximum Gasteiger partial charge on any atom is -0.0219 e. The molecule has 0 saturated carbocycles. The molecule has 0 fully saturated rings. The van der Waals surface area contributed by atoms with Gasteiger partial charge in [-0.25, -0.2) is 0 Å². The molecule has 0 saturated heterocycles. The van der Waals surface area contributed by atoms with Gasteiger partial charge in [0.15, 0.2) is 0 Å². The van der Waals surface area contributed by atoms with E-state index in [4.69, 9.17) is 0 Å². The van der Waals surface area contributed by atoms with Crippen molar-refractivity contribution in [1.29, 1.82) is 0 Å². The first kappa shape index (κ1) is 19.8. The van der Waals surface area contributed by atoms with Crippen molar-refractivity contribution in [3.63, 3.8) is 0 Å². The van der Waals surface area contributed by atoms with Gasteiger partial charge in [-0.15, -0.1) is 0 Å². The number of aryl methyl sites for hydroxylation is 2. The van der Waals surface area contributed by atoms with E-state index in [0.29, 0.717) is 5.92 Å². The quantitative estimate of drug-likeness (QED) is 0.348. The molecule has 0 amide bonds. The van der Waals surface area contributed by atoms with Gasteiger partial charge in [-0.2, -0.15) is 0 Å². The van der Waals surface area contributed by atoms with Crippen molar-refractivity contribution in [2.24, 2.45) is 0 Å². The van der Waals surface area contributed by atoms with E-state index in [9.17, 15) is 0 Å². The predicted octanol–water partition coefficient (Wildman–Crippen LogP) is 7.72. The molecule has 0 N–H and O–H groups in total. The number of hydrogen-bond acceptors (Lipinski definition) is 0. The molecule has 0 spiro atoms. The van der Waals surface area contributed by atoms with Crippen LogP contribution in [0.4, 0.5) is 0 Å². The van der Waals surface area contributed by atoms with Crippen LogP contribution in [-0.2, 0) is 12.8 Å². The van der Waals surface area contributed by atoms with E-state index in [1.54, 1.807) is 0 Å². The van der Waals surface area contributed by atoms with Crippen LogP contribution in [0, 0.1) is 0 Å². The summed E-state index contributed by atoms with van der Waals surface area (Å²) in [6, 6.07) is 20.1. The Bertz CT molecular complexity index is 550. The molecule has 0 atom stereocenters. The summed E-state index contributed by atoms with van der Waals surface area (Å²) in [7, 11) is 0. The zero-order valence-corrected chi connectivity index (χ0v) is 16.3. The monoisotopic (exact) mass is 336 g/mol. The Morgan fingerprint density at radius 1 is 0.520 bits per heavy atom. The predicted molar refractivity (Wildman–Crippen MR) is 111 cm³/mol. The average molecular weight is 337 g/mol. The number of unbranched alkanes of at least 4 members (excludes halogenated alkanes) is 7. The summed E-state index contributed by atoms with van der Waals surface area (Å²) in [6.45, 7) is 4.52. The number of hydrogen-bond donors (Lipinski definition) is 0. The van der Waals surface area contributed by atoms with Crippen molar-refractivity contribution in [2.45, 2.75) is 84.0 Å². The summed E-state index contributed by atoms with van der Waals surface area (Å²) >= 11 is 0. The molecule has 0 radical (unpaired) electrons. The molecule has 0 aliphatic rings. The Kier molecular flexibility index (Phi) is 9.41. The highest BCUT2D eigenvalue weighted by Gasteiger charge is 1.99. The Balaban J connectivity index is 1.42. The van der Waals surface area contributed by atoms with E-state index in [1.807, 2.05) is 0 Å². The van der Waals surface area contributed by atoms with Crippen molar-refractivity contribution in [1.82, 2.24) is 0 Å². The van der Waals surface area contributed by atoms with Crippen molar-refractivity contribution in [2.75, 3.05) is 0 Å². The first-order valence-electron chi connectivity index (χ1n) is 10.4. The second kappa shape index (κ2) is 11.9. The molecule has 0 aliphatic heterocycles. The molecule has 2 aromatic rings. The van der Waals surface area contributed by atoms with Crippen LogP contribution in [0.15, 0.2) is 54.6 Å². The third-order valence-corrected chi connectivity index (χ3v) is 5.17. The fourth-order valence-electron chi connectivity index (χ4n) is 3.43. The molecule has 2 aromatic carbocycles. The molecule has 0 heterocycles. The minimum absolute atomic E-state index is 0.641. The number of rotatable bonds is 12. The van der Waals surface area contributed by atoms with E-state index in [-0.39, 0.29) is 0 Å². The summed E-state index contributed by atoms with van der Waals surface area (Å²) in [5, 5.41) is 0. The molecule has 0 heteroatoms. The fourth-order valence-corrected chi connectivity index (χ4v) is 3.43. The highest BCUT2D eigenvalue weighted by Crippen LogP contribution is 2.17. The van der Waals surface area contributed by atoms with E-state index in [2.05, 4.69) is 68.4 Å². The smallest absolute Gasteiger partial charge is 0.0219 e. The zero-order chi connectivity index (χ0) is 17.7. The van der Waals surface area contributed by atoms with Gasteiger partial charge in [-0.05, 0) is 48.3 Å². The van der Waals surface area contributed by atoms with Gasteiger partial charge < -0.3 is 0 Å². The van der Waals surface area contributed by atoms with Gasteiger partial charge in [0.1, 0.15) is 0 Å². The van der Waals surface area contributed by atoms with Gasteiger partial charge in [0.2, 0.25) is 0 Å². The molecule has 0 aliphatic carbocycles. The lowest BCUT2D eigenvalue weighted by Crippen LogP contribution is -1.90. The molecular formula is C25H36. The van der Waals surface area contributed by atoms with Gasteiger partial charge in [-0.3, -0.25) is 0 Å². The first-order chi connectivity index (χ1) is 12.3. The Labute approximate surface area is 155 Å². The van der Waals surface area contributed by atoms with Crippen LogP contribution in [-0.4, -0.2) is 0 Å². The molecule has 0 bridgehead atoms. The first-order valence-corrected chi connectivity index (χ1v) is 10.4. The van der Waals surface area contributed by atoms with Crippen LogP contribution in [0.5, 0.6) is 0 Å². The average Bonchev–Trinajstić information content (AvgIpc) is 2.64. The molecule has 0 unspecified atom stereocenters. The highest BCUT2D eigenvalue weighted by atomic mass is 14.0. The van der Waals surface area contributed by atoms with Crippen LogP contribution in [0.3, 0.4) is 0 Å². The normalized spacial score (nSPS) is 11.2. The van der Waals surface area contributed by atoms with Crippen LogP contribution in [0.2, 0.25) is 0 Å². The lowest BCUT2D eigenvalue weighted by atomic mass is 9.99. The van der Waals surface area contributed by atoms with Gasteiger partial charge in [-0.1, -0.05) is 107 Å². The summed E-state index contributed by atoms with van der Waals surface area (Å²) in [5.41, 5.74) is 4.45. The van der Waals surface area contributed by atoms with E-state index in [1.165, 1.54) is 80.9 Å². The van der Waals surface area contributed by atoms with Crippen molar-refractivity contribution < 1.29 is 0 Å². The Hall–Kier alpha value is -1.56. The fraction of sp³-hybridized carbons (Fsp3) is 0.520. The van der Waals surface area contributed by atoms with Crippen LogP contribution in [0.25, 0.3) is 0 Å². The van der Waals surface area contributed by atoms with Crippen LogP contribution < -0.4 is 0 Å². The van der Waals surface area contributed by atoms with Crippen molar-refractivity contribution in [3.05, 3.63) is 71.3 Å². The Morgan fingerprint density at radius 3 is 1.44 bits per heavy atom. The third-order valence-electron chi connectivity index (χ3n) is 5.17. The lowest BCUT2D eigenvalue weighted by molar-refractivity contribution is 0.567. The van der Waals surface area contributed by atoms with E-state index in [0.717, 1.165) is 0 Å².